The maximum atomic E-state index is 12.5. The highest BCUT2D eigenvalue weighted by atomic mass is 16.2. The third-order valence-corrected chi connectivity index (χ3v) is 3.96. The molecule has 0 saturated carbocycles. The zero-order valence-corrected chi connectivity index (χ0v) is 12.2. The average Bonchev–Trinajstić information content (AvgIpc) is 3.00. The van der Waals surface area contributed by atoms with Crippen molar-refractivity contribution in [1.82, 2.24) is 14.9 Å². The number of hydrogen-bond acceptors (Lipinski definition) is 3. The van der Waals surface area contributed by atoms with E-state index < -0.39 is 0 Å². The van der Waals surface area contributed by atoms with E-state index in [9.17, 15) is 4.79 Å². The summed E-state index contributed by atoms with van der Waals surface area (Å²) < 4.78 is 2.09. The summed E-state index contributed by atoms with van der Waals surface area (Å²) in [5, 5.41) is 6.25. The molecule has 1 aliphatic heterocycles. The minimum Gasteiger partial charge on any atom is -0.340 e. The molecule has 0 spiro atoms. The summed E-state index contributed by atoms with van der Waals surface area (Å²) in [7, 11) is 0. The number of rotatable bonds is 3. The van der Waals surface area contributed by atoms with Crippen LogP contribution in [0.15, 0.2) is 36.7 Å². The molecule has 1 saturated heterocycles. The summed E-state index contributed by atoms with van der Waals surface area (Å²) in [6.07, 6.45) is 5.79. The number of carbonyl (C=O) groups is 1. The number of aryl methyl sites for hydroxylation is 1. The number of nitrogens with zero attached hydrogens (tertiary/aromatic N) is 2. The zero-order valence-electron chi connectivity index (χ0n) is 12.2. The molecule has 0 radical (unpaired) electrons. The van der Waals surface area contributed by atoms with Crippen LogP contribution in [0, 0.1) is 6.92 Å². The molecular formula is C16H20N4O. The molecule has 3 heterocycles. The molecule has 5 nitrogen and oxygen atoms in total. The smallest absolute Gasteiger partial charge is 0.273 e. The van der Waals surface area contributed by atoms with E-state index >= 15 is 0 Å². The van der Waals surface area contributed by atoms with Gasteiger partial charge in [-0.2, -0.15) is 0 Å². The molecule has 3 rings (SSSR count). The first kappa shape index (κ1) is 13.8. The highest BCUT2D eigenvalue weighted by Gasteiger charge is 2.20. The van der Waals surface area contributed by atoms with Gasteiger partial charge < -0.3 is 15.2 Å². The number of pyridine rings is 1. The molecule has 1 fully saturated rings. The van der Waals surface area contributed by atoms with E-state index in [4.69, 9.17) is 0 Å². The van der Waals surface area contributed by atoms with Gasteiger partial charge in [0.2, 0.25) is 0 Å². The Kier molecular flexibility index (Phi) is 4.01. The summed E-state index contributed by atoms with van der Waals surface area (Å²) in [6.45, 7) is 3.95. The van der Waals surface area contributed by atoms with E-state index in [1.54, 1.807) is 6.20 Å². The molecule has 0 aliphatic carbocycles. The third-order valence-electron chi connectivity index (χ3n) is 3.96. The SMILES string of the molecule is Cc1cccnc1NC(=O)c1cccn1C1CCNCC1. The fraction of sp³-hybridized carbons (Fsp3) is 0.375. The van der Waals surface area contributed by atoms with E-state index in [0.717, 1.165) is 31.5 Å². The fourth-order valence-corrected chi connectivity index (χ4v) is 2.78. The Morgan fingerprint density at radius 2 is 2.14 bits per heavy atom. The quantitative estimate of drug-likeness (QED) is 0.909. The Morgan fingerprint density at radius 3 is 2.90 bits per heavy atom. The standard InChI is InChI=1S/C16H20N4O/c1-12-4-2-8-18-15(12)19-16(21)14-5-3-11-20(14)13-6-9-17-10-7-13/h2-5,8,11,13,17H,6-7,9-10H2,1H3,(H,18,19,21). The molecule has 0 bridgehead atoms. The first-order valence-electron chi connectivity index (χ1n) is 7.36. The highest BCUT2D eigenvalue weighted by Crippen LogP contribution is 2.22. The molecule has 21 heavy (non-hydrogen) atoms. The third kappa shape index (κ3) is 2.97. The van der Waals surface area contributed by atoms with E-state index in [1.165, 1.54) is 0 Å². The molecule has 0 aromatic carbocycles. The number of aromatic nitrogens is 2. The summed E-state index contributed by atoms with van der Waals surface area (Å²) >= 11 is 0. The lowest BCUT2D eigenvalue weighted by molar-refractivity contribution is 0.101. The van der Waals surface area contributed by atoms with E-state index in [2.05, 4.69) is 20.2 Å². The van der Waals surface area contributed by atoms with Crippen LogP contribution in [0.2, 0.25) is 0 Å². The van der Waals surface area contributed by atoms with Gasteiger partial charge in [-0.05, 0) is 56.6 Å². The van der Waals surface area contributed by atoms with Gasteiger partial charge in [0.15, 0.2) is 0 Å². The van der Waals surface area contributed by atoms with Crippen LogP contribution >= 0.6 is 0 Å². The van der Waals surface area contributed by atoms with Gasteiger partial charge in [0.05, 0.1) is 0 Å². The van der Waals surface area contributed by atoms with Gasteiger partial charge in [-0.25, -0.2) is 4.98 Å². The van der Waals surface area contributed by atoms with Gasteiger partial charge in [0, 0.05) is 18.4 Å². The number of nitrogens with one attached hydrogen (secondary N) is 2. The van der Waals surface area contributed by atoms with Gasteiger partial charge in [-0.15, -0.1) is 0 Å². The van der Waals surface area contributed by atoms with Crippen LogP contribution in [0.5, 0.6) is 0 Å². The van der Waals surface area contributed by atoms with Gasteiger partial charge in [-0.3, -0.25) is 4.79 Å². The molecule has 1 amide bonds. The molecule has 2 N–H and O–H groups in total. The minimum absolute atomic E-state index is 0.0969. The van der Waals surface area contributed by atoms with E-state index in [-0.39, 0.29) is 5.91 Å². The van der Waals surface area contributed by atoms with Crippen molar-refractivity contribution in [3.63, 3.8) is 0 Å². The first-order valence-corrected chi connectivity index (χ1v) is 7.36. The Hall–Kier alpha value is -2.14. The summed E-state index contributed by atoms with van der Waals surface area (Å²) in [5.41, 5.74) is 1.66. The maximum absolute atomic E-state index is 12.5. The van der Waals surface area contributed by atoms with Crippen molar-refractivity contribution in [2.45, 2.75) is 25.8 Å². The second kappa shape index (κ2) is 6.10. The lowest BCUT2D eigenvalue weighted by Crippen LogP contribution is -2.31. The summed E-state index contributed by atoms with van der Waals surface area (Å²) in [5.74, 6) is 0.529. The van der Waals surface area contributed by atoms with Crippen LogP contribution in [-0.4, -0.2) is 28.5 Å². The van der Waals surface area contributed by atoms with Crippen molar-refractivity contribution in [2.75, 3.05) is 18.4 Å². The highest BCUT2D eigenvalue weighted by molar-refractivity contribution is 6.03. The Bertz CT molecular complexity index is 629. The van der Waals surface area contributed by atoms with Gasteiger partial charge in [0.1, 0.15) is 11.5 Å². The molecule has 110 valence electrons. The zero-order chi connectivity index (χ0) is 14.7. The molecule has 0 atom stereocenters. The molecular weight excluding hydrogens is 264 g/mol. The molecule has 1 aliphatic rings. The topological polar surface area (TPSA) is 59.0 Å². The van der Waals surface area contributed by atoms with Crippen molar-refractivity contribution >= 4 is 11.7 Å². The van der Waals surface area contributed by atoms with Crippen LogP contribution in [0.4, 0.5) is 5.82 Å². The number of amides is 1. The number of hydrogen-bond donors (Lipinski definition) is 2. The fourth-order valence-electron chi connectivity index (χ4n) is 2.78. The summed E-state index contributed by atoms with van der Waals surface area (Å²) in [4.78, 5) is 16.7. The number of piperidine rings is 1. The van der Waals surface area contributed by atoms with Gasteiger partial charge >= 0.3 is 0 Å². The molecule has 2 aromatic rings. The molecule has 2 aromatic heterocycles. The largest absolute Gasteiger partial charge is 0.340 e. The lowest BCUT2D eigenvalue weighted by Gasteiger charge is -2.25. The Labute approximate surface area is 124 Å². The van der Waals surface area contributed by atoms with Crippen molar-refractivity contribution in [3.8, 4) is 0 Å². The second-order valence-corrected chi connectivity index (χ2v) is 5.40. The van der Waals surface area contributed by atoms with E-state index in [0.29, 0.717) is 17.6 Å². The normalized spacial score (nSPS) is 15.9. The monoisotopic (exact) mass is 284 g/mol. The molecule has 0 unspecified atom stereocenters. The van der Waals surface area contributed by atoms with Crippen molar-refractivity contribution in [1.29, 1.82) is 0 Å². The first-order chi connectivity index (χ1) is 10.3. The van der Waals surface area contributed by atoms with Crippen LogP contribution in [-0.2, 0) is 0 Å². The van der Waals surface area contributed by atoms with E-state index in [1.807, 2.05) is 37.4 Å². The van der Waals surface area contributed by atoms with Gasteiger partial charge in [-0.1, -0.05) is 6.07 Å². The number of anilines is 1. The lowest BCUT2D eigenvalue weighted by atomic mass is 10.1. The van der Waals surface area contributed by atoms with Crippen LogP contribution in [0.25, 0.3) is 0 Å². The van der Waals surface area contributed by atoms with Gasteiger partial charge in [0.25, 0.3) is 5.91 Å². The maximum Gasteiger partial charge on any atom is 0.273 e. The van der Waals surface area contributed by atoms with Crippen molar-refractivity contribution in [2.24, 2.45) is 0 Å². The predicted molar refractivity (Wildman–Crippen MR) is 82.5 cm³/mol. The van der Waals surface area contributed by atoms with Crippen LogP contribution < -0.4 is 10.6 Å². The average molecular weight is 284 g/mol. The van der Waals surface area contributed by atoms with Crippen molar-refractivity contribution in [3.05, 3.63) is 47.9 Å². The number of carbonyl (C=O) groups excluding carboxylic acids is 1. The summed E-state index contributed by atoms with van der Waals surface area (Å²) in [6, 6.07) is 8.00. The second-order valence-electron chi connectivity index (χ2n) is 5.40. The Balaban J connectivity index is 1.79. The predicted octanol–water partition coefficient (Wildman–Crippen LogP) is 2.37. The van der Waals surface area contributed by atoms with Crippen LogP contribution in [0.1, 0.15) is 34.9 Å². The van der Waals surface area contributed by atoms with Crippen LogP contribution in [0.3, 0.4) is 0 Å². The Morgan fingerprint density at radius 1 is 1.33 bits per heavy atom. The molecule has 5 heteroatoms. The van der Waals surface area contributed by atoms with Crippen molar-refractivity contribution < 1.29 is 4.79 Å². The minimum atomic E-state index is -0.0969.